The van der Waals surface area contributed by atoms with Crippen molar-refractivity contribution in [1.82, 2.24) is 14.9 Å². The summed E-state index contributed by atoms with van der Waals surface area (Å²) in [5, 5.41) is 16.7. The highest BCUT2D eigenvalue weighted by Gasteiger charge is 2.10. The van der Waals surface area contributed by atoms with Gasteiger partial charge in [0, 0.05) is 38.1 Å². The van der Waals surface area contributed by atoms with Crippen LogP contribution in [0.25, 0.3) is 0 Å². The Morgan fingerprint density at radius 3 is 2.55 bits per heavy atom. The molecule has 7 heteroatoms. The van der Waals surface area contributed by atoms with E-state index in [1.165, 1.54) is 5.56 Å². The lowest BCUT2D eigenvalue weighted by Gasteiger charge is -2.26. The molecule has 0 amide bonds. The van der Waals surface area contributed by atoms with Crippen molar-refractivity contribution in [2.45, 2.75) is 12.5 Å². The number of nitrogens with one attached hydrogen (secondary N) is 2. The van der Waals surface area contributed by atoms with Gasteiger partial charge in [-0.1, -0.05) is 42.5 Å². The minimum absolute atomic E-state index is 0.373. The van der Waals surface area contributed by atoms with E-state index in [1.54, 1.807) is 12.3 Å². The lowest BCUT2D eigenvalue weighted by atomic mass is 10.1. The second kappa shape index (κ2) is 10.9. The summed E-state index contributed by atoms with van der Waals surface area (Å²) in [6, 6.07) is 19.8. The summed E-state index contributed by atoms with van der Waals surface area (Å²) in [5.74, 6) is 1.18. The third-order valence-corrected chi connectivity index (χ3v) is 5.35. The maximum atomic E-state index is 10.3. The Bertz CT molecular complexity index is 930. The number of anilines is 3. The SMILES string of the molecule is OC(CNc1ccnc(Nc2ccc(CCN3CCOCC3)cc2)n1)c1ccccc1. The van der Waals surface area contributed by atoms with E-state index in [4.69, 9.17) is 4.74 Å². The molecule has 3 N–H and O–H groups in total. The molecule has 2 heterocycles. The highest BCUT2D eigenvalue weighted by molar-refractivity contribution is 5.55. The van der Waals surface area contributed by atoms with Crippen molar-refractivity contribution in [3.63, 3.8) is 0 Å². The molecule has 0 spiro atoms. The summed E-state index contributed by atoms with van der Waals surface area (Å²) in [4.78, 5) is 11.2. The van der Waals surface area contributed by atoms with E-state index in [0.29, 0.717) is 18.3 Å². The van der Waals surface area contributed by atoms with Crippen LogP contribution in [0, 0.1) is 0 Å². The van der Waals surface area contributed by atoms with Crippen LogP contribution in [0.5, 0.6) is 0 Å². The predicted molar refractivity (Wildman–Crippen MR) is 123 cm³/mol. The maximum Gasteiger partial charge on any atom is 0.229 e. The van der Waals surface area contributed by atoms with Gasteiger partial charge in [-0.2, -0.15) is 4.98 Å². The normalized spacial score (nSPS) is 15.4. The molecule has 2 aromatic carbocycles. The second-order valence-corrected chi connectivity index (χ2v) is 7.60. The van der Waals surface area contributed by atoms with Gasteiger partial charge in [-0.25, -0.2) is 4.98 Å². The summed E-state index contributed by atoms with van der Waals surface area (Å²) >= 11 is 0. The highest BCUT2D eigenvalue weighted by Crippen LogP contribution is 2.17. The molecule has 1 saturated heterocycles. The van der Waals surface area contributed by atoms with E-state index in [9.17, 15) is 5.11 Å². The summed E-state index contributed by atoms with van der Waals surface area (Å²) in [7, 11) is 0. The first-order chi connectivity index (χ1) is 15.3. The van der Waals surface area contributed by atoms with Gasteiger partial charge in [0.15, 0.2) is 0 Å². The fourth-order valence-electron chi connectivity index (χ4n) is 3.51. The van der Waals surface area contributed by atoms with Gasteiger partial charge in [0.05, 0.1) is 19.3 Å². The largest absolute Gasteiger partial charge is 0.387 e. The minimum Gasteiger partial charge on any atom is -0.387 e. The molecule has 1 unspecified atom stereocenters. The van der Waals surface area contributed by atoms with Gasteiger partial charge >= 0.3 is 0 Å². The average Bonchev–Trinajstić information content (AvgIpc) is 2.83. The number of aromatic nitrogens is 2. The lowest BCUT2D eigenvalue weighted by Crippen LogP contribution is -2.37. The zero-order valence-corrected chi connectivity index (χ0v) is 17.6. The van der Waals surface area contributed by atoms with Gasteiger partial charge in [0.25, 0.3) is 0 Å². The molecule has 4 rings (SSSR count). The standard InChI is InChI=1S/C24H29N5O2/c30-22(20-4-2-1-3-5-20)18-26-23-10-12-25-24(28-23)27-21-8-6-19(7-9-21)11-13-29-14-16-31-17-15-29/h1-10,12,22,30H,11,13-18H2,(H2,25,26,27,28). The van der Waals surface area contributed by atoms with Crippen LogP contribution in [-0.2, 0) is 11.2 Å². The highest BCUT2D eigenvalue weighted by atomic mass is 16.5. The van der Waals surface area contributed by atoms with Crippen LogP contribution in [0.1, 0.15) is 17.2 Å². The molecular weight excluding hydrogens is 390 g/mol. The van der Waals surface area contributed by atoms with E-state index in [1.807, 2.05) is 30.3 Å². The third-order valence-electron chi connectivity index (χ3n) is 5.35. The summed E-state index contributed by atoms with van der Waals surface area (Å²) < 4.78 is 5.40. The van der Waals surface area contributed by atoms with E-state index in [-0.39, 0.29) is 0 Å². The van der Waals surface area contributed by atoms with Crippen molar-refractivity contribution in [1.29, 1.82) is 0 Å². The van der Waals surface area contributed by atoms with Crippen LogP contribution >= 0.6 is 0 Å². The molecule has 1 fully saturated rings. The first-order valence-electron chi connectivity index (χ1n) is 10.7. The Morgan fingerprint density at radius 2 is 1.77 bits per heavy atom. The predicted octanol–water partition coefficient (Wildman–Crippen LogP) is 3.24. The first kappa shape index (κ1) is 21.2. The number of nitrogens with zero attached hydrogens (tertiary/aromatic N) is 3. The van der Waals surface area contributed by atoms with Gasteiger partial charge in [0.1, 0.15) is 5.82 Å². The first-order valence-corrected chi connectivity index (χ1v) is 10.7. The Hall–Kier alpha value is -3.00. The molecule has 1 aromatic heterocycles. The topological polar surface area (TPSA) is 82.5 Å². The molecule has 7 nitrogen and oxygen atoms in total. The quantitative estimate of drug-likeness (QED) is 0.491. The second-order valence-electron chi connectivity index (χ2n) is 7.60. The number of rotatable bonds is 9. The molecule has 0 saturated carbocycles. The molecule has 31 heavy (non-hydrogen) atoms. The zero-order chi connectivity index (χ0) is 21.3. The van der Waals surface area contributed by atoms with E-state index in [2.05, 4.69) is 49.8 Å². The Kier molecular flexibility index (Phi) is 7.44. The minimum atomic E-state index is -0.599. The molecule has 1 atom stereocenters. The van der Waals surface area contributed by atoms with Crippen molar-refractivity contribution in [3.8, 4) is 0 Å². The molecule has 162 valence electrons. The monoisotopic (exact) mass is 419 g/mol. The summed E-state index contributed by atoms with van der Waals surface area (Å²) in [5.41, 5.74) is 3.12. The van der Waals surface area contributed by atoms with Crippen molar-refractivity contribution < 1.29 is 9.84 Å². The fraction of sp³-hybridized carbons (Fsp3) is 0.333. The van der Waals surface area contributed by atoms with Gasteiger partial charge < -0.3 is 20.5 Å². The van der Waals surface area contributed by atoms with E-state index < -0.39 is 6.10 Å². The van der Waals surface area contributed by atoms with Crippen LogP contribution in [0.15, 0.2) is 66.9 Å². The Morgan fingerprint density at radius 1 is 1.00 bits per heavy atom. The number of benzene rings is 2. The fourth-order valence-corrected chi connectivity index (χ4v) is 3.51. The number of hydrogen-bond acceptors (Lipinski definition) is 7. The molecule has 3 aromatic rings. The van der Waals surface area contributed by atoms with Crippen molar-refractivity contribution in [3.05, 3.63) is 78.0 Å². The van der Waals surface area contributed by atoms with E-state index >= 15 is 0 Å². The third kappa shape index (κ3) is 6.49. The Balaban J connectivity index is 1.28. The molecule has 0 radical (unpaired) electrons. The lowest BCUT2D eigenvalue weighted by molar-refractivity contribution is 0.0384. The average molecular weight is 420 g/mol. The zero-order valence-electron chi connectivity index (χ0n) is 17.6. The van der Waals surface area contributed by atoms with Gasteiger partial charge in [0.2, 0.25) is 5.95 Å². The number of hydrogen-bond donors (Lipinski definition) is 3. The molecule has 0 bridgehead atoms. The van der Waals surface area contributed by atoms with Crippen LogP contribution in [-0.4, -0.2) is 59.4 Å². The van der Waals surface area contributed by atoms with E-state index in [0.717, 1.165) is 50.5 Å². The summed E-state index contributed by atoms with van der Waals surface area (Å²) in [6.07, 6.45) is 2.13. The van der Waals surface area contributed by atoms with Crippen molar-refractivity contribution >= 4 is 17.5 Å². The van der Waals surface area contributed by atoms with Crippen molar-refractivity contribution in [2.24, 2.45) is 0 Å². The van der Waals surface area contributed by atoms with Gasteiger partial charge in [-0.15, -0.1) is 0 Å². The summed E-state index contributed by atoms with van der Waals surface area (Å²) in [6.45, 7) is 5.14. The van der Waals surface area contributed by atoms with Crippen molar-refractivity contribution in [2.75, 3.05) is 50.0 Å². The molecule has 0 aliphatic carbocycles. The number of morpholine rings is 1. The van der Waals surface area contributed by atoms with Crippen LogP contribution < -0.4 is 10.6 Å². The number of aliphatic hydroxyl groups excluding tert-OH is 1. The smallest absolute Gasteiger partial charge is 0.229 e. The number of ether oxygens (including phenoxy) is 1. The van der Waals surface area contributed by atoms with Gasteiger partial charge in [-0.3, -0.25) is 4.90 Å². The molecular formula is C24H29N5O2. The molecule has 1 aliphatic heterocycles. The Labute approximate surface area is 183 Å². The number of aliphatic hydroxyl groups is 1. The van der Waals surface area contributed by atoms with Crippen LogP contribution in [0.3, 0.4) is 0 Å². The maximum absolute atomic E-state index is 10.3. The van der Waals surface area contributed by atoms with Crippen LogP contribution in [0.4, 0.5) is 17.5 Å². The van der Waals surface area contributed by atoms with Gasteiger partial charge in [-0.05, 0) is 35.7 Å². The van der Waals surface area contributed by atoms with Crippen LogP contribution in [0.2, 0.25) is 0 Å². The molecule has 1 aliphatic rings.